The molecule has 0 fully saturated rings. The summed E-state index contributed by atoms with van der Waals surface area (Å²) in [5.41, 5.74) is 0. The van der Waals surface area contributed by atoms with Gasteiger partial charge in [-0.05, 0) is 25.7 Å². The third-order valence-corrected chi connectivity index (χ3v) is 2.52. The molecule has 0 aliphatic carbocycles. The van der Waals surface area contributed by atoms with E-state index >= 15 is 0 Å². The molecule has 2 unspecified atom stereocenters. The van der Waals surface area contributed by atoms with Crippen LogP contribution in [-0.4, -0.2) is 25.2 Å². The molecule has 0 amide bonds. The summed E-state index contributed by atoms with van der Waals surface area (Å²) >= 11 is 0. The molecular weight excluding hydrogens is 190 g/mol. The molecule has 15 heavy (non-hydrogen) atoms. The van der Waals surface area contributed by atoms with E-state index in [0.717, 1.165) is 19.3 Å². The summed E-state index contributed by atoms with van der Waals surface area (Å²) in [5.74, 6) is 0.334. The predicted octanol–water partition coefficient (Wildman–Crippen LogP) is 2.35. The Balaban J connectivity index is 3.48. The molecule has 0 aliphatic heterocycles. The molecule has 0 aliphatic rings. The van der Waals surface area contributed by atoms with Gasteiger partial charge in [-0.25, -0.2) is 0 Å². The number of esters is 1. The van der Waals surface area contributed by atoms with Crippen LogP contribution in [0.1, 0.15) is 47.0 Å². The summed E-state index contributed by atoms with van der Waals surface area (Å²) in [5, 5.41) is 3.11. The largest absolute Gasteiger partial charge is 0.464 e. The SMILES string of the molecule is CCCC(C)COC(=O)CNC(C)CC. The molecule has 3 heteroatoms. The number of carbonyl (C=O) groups is 1. The molecule has 0 aromatic heterocycles. The van der Waals surface area contributed by atoms with Crippen LogP contribution in [0, 0.1) is 5.92 Å². The highest BCUT2D eigenvalue weighted by Gasteiger charge is 2.07. The standard InChI is InChI=1S/C12H25NO2/c1-5-7-10(3)9-15-12(14)8-13-11(4)6-2/h10-11,13H,5-9H2,1-4H3. The number of ether oxygens (including phenoxy) is 1. The molecule has 1 N–H and O–H groups in total. The molecular formula is C12H25NO2. The van der Waals surface area contributed by atoms with Crippen LogP contribution in [0.4, 0.5) is 0 Å². The fourth-order valence-corrected chi connectivity index (χ4v) is 1.26. The van der Waals surface area contributed by atoms with Gasteiger partial charge in [0.25, 0.3) is 0 Å². The summed E-state index contributed by atoms with van der Waals surface area (Å²) in [4.78, 5) is 11.3. The number of nitrogens with one attached hydrogen (secondary N) is 1. The number of hydrogen-bond donors (Lipinski definition) is 1. The minimum atomic E-state index is -0.141. The van der Waals surface area contributed by atoms with Gasteiger partial charge in [-0.2, -0.15) is 0 Å². The van der Waals surface area contributed by atoms with E-state index in [1.807, 2.05) is 0 Å². The normalized spacial score (nSPS) is 14.7. The molecule has 0 aromatic carbocycles. The molecule has 3 nitrogen and oxygen atoms in total. The fraction of sp³-hybridized carbons (Fsp3) is 0.917. The number of carbonyl (C=O) groups excluding carboxylic acids is 1. The van der Waals surface area contributed by atoms with Crippen molar-refractivity contribution in [3.05, 3.63) is 0 Å². The van der Waals surface area contributed by atoms with Gasteiger partial charge in [0.05, 0.1) is 13.2 Å². The summed E-state index contributed by atoms with van der Waals surface area (Å²) < 4.78 is 5.15. The average Bonchev–Trinajstić information content (AvgIpc) is 2.23. The lowest BCUT2D eigenvalue weighted by Gasteiger charge is -2.13. The molecule has 0 aromatic rings. The van der Waals surface area contributed by atoms with Crippen LogP contribution in [0.2, 0.25) is 0 Å². The first kappa shape index (κ1) is 14.4. The zero-order valence-electron chi connectivity index (χ0n) is 10.5. The minimum Gasteiger partial charge on any atom is -0.464 e. The Kier molecular flexibility index (Phi) is 8.38. The minimum absolute atomic E-state index is 0.141. The van der Waals surface area contributed by atoms with E-state index in [2.05, 4.69) is 33.0 Å². The van der Waals surface area contributed by atoms with Crippen LogP contribution in [0.3, 0.4) is 0 Å². The van der Waals surface area contributed by atoms with Crippen LogP contribution in [0.5, 0.6) is 0 Å². The number of hydrogen-bond acceptors (Lipinski definition) is 3. The lowest BCUT2D eigenvalue weighted by atomic mass is 10.1. The Morgan fingerprint density at radius 3 is 2.53 bits per heavy atom. The zero-order chi connectivity index (χ0) is 11.7. The van der Waals surface area contributed by atoms with E-state index in [1.54, 1.807) is 0 Å². The molecule has 0 bridgehead atoms. The second-order valence-corrected chi connectivity index (χ2v) is 4.27. The lowest BCUT2D eigenvalue weighted by Crippen LogP contribution is -2.32. The molecule has 2 atom stereocenters. The quantitative estimate of drug-likeness (QED) is 0.632. The lowest BCUT2D eigenvalue weighted by molar-refractivity contribution is -0.143. The highest BCUT2D eigenvalue weighted by atomic mass is 16.5. The van der Waals surface area contributed by atoms with Crippen LogP contribution < -0.4 is 5.32 Å². The van der Waals surface area contributed by atoms with Gasteiger partial charge < -0.3 is 10.1 Å². The highest BCUT2D eigenvalue weighted by Crippen LogP contribution is 2.04. The maximum absolute atomic E-state index is 11.3. The van der Waals surface area contributed by atoms with E-state index < -0.39 is 0 Å². The monoisotopic (exact) mass is 215 g/mol. The van der Waals surface area contributed by atoms with E-state index in [4.69, 9.17) is 4.74 Å². The highest BCUT2D eigenvalue weighted by molar-refractivity contribution is 5.71. The van der Waals surface area contributed by atoms with E-state index in [-0.39, 0.29) is 5.97 Å². The molecule has 0 saturated carbocycles. The van der Waals surface area contributed by atoms with Crippen molar-refractivity contribution in [1.82, 2.24) is 5.32 Å². The van der Waals surface area contributed by atoms with Crippen molar-refractivity contribution in [1.29, 1.82) is 0 Å². The first-order chi connectivity index (χ1) is 7.10. The molecule has 0 heterocycles. The smallest absolute Gasteiger partial charge is 0.319 e. The maximum atomic E-state index is 11.3. The van der Waals surface area contributed by atoms with Crippen molar-refractivity contribution < 1.29 is 9.53 Å². The summed E-state index contributed by atoms with van der Waals surface area (Å²) in [7, 11) is 0. The van der Waals surface area contributed by atoms with Crippen molar-refractivity contribution in [3.8, 4) is 0 Å². The van der Waals surface area contributed by atoms with Crippen molar-refractivity contribution in [2.45, 2.75) is 53.0 Å². The summed E-state index contributed by atoms with van der Waals surface area (Å²) in [6.07, 6.45) is 3.29. The average molecular weight is 215 g/mol. The third kappa shape index (κ3) is 8.43. The second kappa shape index (κ2) is 8.72. The van der Waals surface area contributed by atoms with Crippen LogP contribution in [0.15, 0.2) is 0 Å². The van der Waals surface area contributed by atoms with Gasteiger partial charge in [-0.1, -0.05) is 27.2 Å². The van der Waals surface area contributed by atoms with Gasteiger partial charge in [0.2, 0.25) is 0 Å². The van der Waals surface area contributed by atoms with Crippen molar-refractivity contribution in [2.75, 3.05) is 13.2 Å². The molecule has 0 saturated heterocycles. The third-order valence-electron chi connectivity index (χ3n) is 2.52. The van der Waals surface area contributed by atoms with Gasteiger partial charge in [-0.15, -0.1) is 0 Å². The predicted molar refractivity (Wildman–Crippen MR) is 62.8 cm³/mol. The molecule has 0 spiro atoms. The van der Waals surface area contributed by atoms with Gasteiger partial charge >= 0.3 is 5.97 Å². The Labute approximate surface area is 93.6 Å². The van der Waals surface area contributed by atoms with Gasteiger partial charge in [0.1, 0.15) is 0 Å². The van der Waals surface area contributed by atoms with Crippen molar-refractivity contribution in [3.63, 3.8) is 0 Å². The molecule has 0 rings (SSSR count). The number of rotatable bonds is 8. The van der Waals surface area contributed by atoms with E-state index in [0.29, 0.717) is 25.1 Å². The van der Waals surface area contributed by atoms with Crippen LogP contribution in [-0.2, 0) is 9.53 Å². The van der Waals surface area contributed by atoms with Gasteiger partial charge in [0, 0.05) is 6.04 Å². The zero-order valence-corrected chi connectivity index (χ0v) is 10.5. The first-order valence-corrected chi connectivity index (χ1v) is 5.99. The van der Waals surface area contributed by atoms with Gasteiger partial charge in [0.15, 0.2) is 0 Å². The van der Waals surface area contributed by atoms with Crippen LogP contribution in [0.25, 0.3) is 0 Å². The summed E-state index contributed by atoms with van der Waals surface area (Å²) in [6, 6.07) is 0.380. The van der Waals surface area contributed by atoms with Crippen molar-refractivity contribution in [2.24, 2.45) is 5.92 Å². The summed E-state index contributed by atoms with van der Waals surface area (Å²) in [6.45, 7) is 9.28. The fourth-order valence-electron chi connectivity index (χ4n) is 1.26. The Hall–Kier alpha value is -0.570. The van der Waals surface area contributed by atoms with E-state index in [9.17, 15) is 4.79 Å². The van der Waals surface area contributed by atoms with Crippen molar-refractivity contribution >= 4 is 5.97 Å². The topological polar surface area (TPSA) is 38.3 Å². The van der Waals surface area contributed by atoms with E-state index in [1.165, 1.54) is 0 Å². The van der Waals surface area contributed by atoms with Crippen LogP contribution >= 0.6 is 0 Å². The Morgan fingerprint density at radius 1 is 1.33 bits per heavy atom. The van der Waals surface area contributed by atoms with Gasteiger partial charge in [-0.3, -0.25) is 4.79 Å². The Morgan fingerprint density at radius 2 is 2.00 bits per heavy atom. The molecule has 0 radical (unpaired) electrons. The first-order valence-electron chi connectivity index (χ1n) is 5.99. The second-order valence-electron chi connectivity index (χ2n) is 4.27. The molecule has 90 valence electrons. The Bertz CT molecular complexity index is 171. The maximum Gasteiger partial charge on any atom is 0.319 e.